The molecule has 2 aliphatic heterocycles. The van der Waals surface area contributed by atoms with Gasteiger partial charge in [-0.1, -0.05) is 18.7 Å². The van der Waals surface area contributed by atoms with Gasteiger partial charge in [-0.3, -0.25) is 14.5 Å². The normalized spacial score (nSPS) is 19.3. The Hall–Kier alpha value is -3.82. The van der Waals surface area contributed by atoms with E-state index in [1.807, 2.05) is 6.92 Å². The van der Waals surface area contributed by atoms with Crippen LogP contribution in [0.3, 0.4) is 0 Å². The number of aryl methyl sites for hydroxylation is 1. The summed E-state index contributed by atoms with van der Waals surface area (Å²) in [6.07, 6.45) is 2.30. The average molecular weight is 537 g/mol. The van der Waals surface area contributed by atoms with E-state index in [9.17, 15) is 14.7 Å². The summed E-state index contributed by atoms with van der Waals surface area (Å²) in [5.74, 6) is 0.0324. The molecule has 1 amide bonds. The number of hydrogen-bond acceptors (Lipinski definition) is 8. The number of morpholine rings is 1. The largest absolute Gasteiger partial charge is 0.507 e. The van der Waals surface area contributed by atoms with E-state index in [1.165, 1.54) is 7.11 Å². The van der Waals surface area contributed by atoms with Crippen molar-refractivity contribution in [1.82, 2.24) is 9.80 Å². The molecule has 9 nitrogen and oxygen atoms in total. The molecule has 1 atom stereocenters. The summed E-state index contributed by atoms with van der Waals surface area (Å²) >= 11 is 0. The van der Waals surface area contributed by atoms with Gasteiger partial charge in [-0.15, -0.1) is 0 Å². The van der Waals surface area contributed by atoms with Crippen LogP contribution in [0.2, 0.25) is 0 Å². The zero-order chi connectivity index (χ0) is 27.9. The van der Waals surface area contributed by atoms with Crippen LogP contribution < -0.4 is 14.2 Å². The van der Waals surface area contributed by atoms with Gasteiger partial charge in [0.05, 0.1) is 39.0 Å². The highest BCUT2D eigenvalue weighted by Gasteiger charge is 2.46. The molecule has 4 rings (SSSR count). The van der Waals surface area contributed by atoms with Gasteiger partial charge in [-0.2, -0.15) is 0 Å². The minimum absolute atomic E-state index is 0.0396. The van der Waals surface area contributed by atoms with E-state index in [0.717, 1.165) is 25.2 Å². The fourth-order valence-corrected chi connectivity index (χ4v) is 5.05. The number of carbonyl (C=O) groups is 2. The fourth-order valence-electron chi connectivity index (χ4n) is 5.05. The summed E-state index contributed by atoms with van der Waals surface area (Å²) in [6.45, 7) is 9.99. The third-order valence-corrected chi connectivity index (χ3v) is 7.05. The van der Waals surface area contributed by atoms with Crippen LogP contribution in [0.1, 0.15) is 29.2 Å². The molecule has 0 aliphatic carbocycles. The molecule has 2 aromatic rings. The maximum Gasteiger partial charge on any atom is 0.295 e. The molecule has 0 spiro atoms. The smallest absolute Gasteiger partial charge is 0.295 e. The van der Waals surface area contributed by atoms with E-state index in [1.54, 1.807) is 54.5 Å². The van der Waals surface area contributed by atoms with E-state index >= 15 is 0 Å². The number of methoxy groups -OCH3 is 2. The molecule has 0 bridgehead atoms. The molecule has 2 saturated heterocycles. The molecule has 39 heavy (non-hydrogen) atoms. The standard InChI is InChI=1S/C30H36N2O7/c1-5-15-39-24-10-7-21(19-25(24)37-4)27-26(28(33)22-8-9-23(36-3)20(2)18-22)29(34)30(35)32(27)12-6-11-31-13-16-38-17-14-31/h5,7-10,18-19,27,33H,1,6,11-17H2,2-4H3/b28-26+. The lowest BCUT2D eigenvalue weighted by atomic mass is 9.94. The van der Waals surface area contributed by atoms with Crippen molar-refractivity contribution in [3.63, 3.8) is 0 Å². The Labute approximate surface area is 229 Å². The minimum Gasteiger partial charge on any atom is -0.507 e. The average Bonchev–Trinajstić information content (AvgIpc) is 3.21. The van der Waals surface area contributed by atoms with Crippen molar-refractivity contribution in [2.45, 2.75) is 19.4 Å². The number of rotatable bonds is 11. The lowest BCUT2D eigenvalue weighted by Gasteiger charge is -2.29. The Bertz CT molecular complexity index is 1250. The maximum atomic E-state index is 13.4. The number of benzene rings is 2. The Morgan fingerprint density at radius 2 is 1.77 bits per heavy atom. The first-order valence-corrected chi connectivity index (χ1v) is 13.0. The Morgan fingerprint density at radius 3 is 2.44 bits per heavy atom. The summed E-state index contributed by atoms with van der Waals surface area (Å²) in [5, 5.41) is 11.4. The first-order chi connectivity index (χ1) is 18.9. The summed E-state index contributed by atoms with van der Waals surface area (Å²) < 4.78 is 22.0. The van der Waals surface area contributed by atoms with Gasteiger partial charge >= 0.3 is 0 Å². The molecular weight excluding hydrogens is 500 g/mol. The second kappa shape index (κ2) is 12.8. The molecule has 0 radical (unpaired) electrons. The Kier molecular flexibility index (Phi) is 9.27. The molecule has 208 valence electrons. The third kappa shape index (κ3) is 6.10. The number of ketones is 1. The molecule has 2 aromatic carbocycles. The van der Waals surface area contributed by atoms with Crippen LogP contribution in [0.25, 0.3) is 5.76 Å². The zero-order valence-electron chi connectivity index (χ0n) is 22.8. The molecule has 2 fully saturated rings. The Morgan fingerprint density at radius 1 is 1.05 bits per heavy atom. The molecule has 1 unspecified atom stereocenters. The molecule has 0 aromatic heterocycles. The second-order valence-electron chi connectivity index (χ2n) is 9.49. The molecule has 2 heterocycles. The highest BCUT2D eigenvalue weighted by atomic mass is 16.5. The predicted octanol–water partition coefficient (Wildman–Crippen LogP) is 3.72. The lowest BCUT2D eigenvalue weighted by Crippen LogP contribution is -2.39. The van der Waals surface area contributed by atoms with Gasteiger partial charge in [0.15, 0.2) is 11.5 Å². The molecule has 1 N–H and O–H groups in total. The number of carbonyl (C=O) groups excluding carboxylic acids is 2. The summed E-state index contributed by atoms with van der Waals surface area (Å²) in [7, 11) is 3.10. The molecular formula is C30H36N2O7. The van der Waals surface area contributed by atoms with Crippen LogP contribution in [0.15, 0.2) is 54.6 Å². The van der Waals surface area contributed by atoms with Crippen LogP contribution in [0.4, 0.5) is 0 Å². The van der Waals surface area contributed by atoms with Crippen molar-refractivity contribution in [1.29, 1.82) is 0 Å². The van der Waals surface area contributed by atoms with Crippen LogP contribution in [0, 0.1) is 6.92 Å². The van der Waals surface area contributed by atoms with Crippen LogP contribution in [-0.2, 0) is 14.3 Å². The van der Waals surface area contributed by atoms with Crippen LogP contribution in [0.5, 0.6) is 17.2 Å². The van der Waals surface area contributed by atoms with Gasteiger partial charge in [0.2, 0.25) is 0 Å². The maximum absolute atomic E-state index is 13.4. The number of ether oxygens (including phenoxy) is 4. The second-order valence-corrected chi connectivity index (χ2v) is 9.49. The number of hydrogen-bond donors (Lipinski definition) is 1. The highest BCUT2D eigenvalue weighted by molar-refractivity contribution is 6.46. The number of aliphatic hydroxyl groups is 1. The lowest BCUT2D eigenvalue weighted by molar-refractivity contribution is -0.140. The van der Waals surface area contributed by atoms with Crippen molar-refractivity contribution in [2.75, 3.05) is 60.2 Å². The fraction of sp³-hybridized carbons (Fsp3) is 0.400. The number of nitrogens with zero attached hydrogens (tertiary/aromatic N) is 2. The predicted molar refractivity (Wildman–Crippen MR) is 147 cm³/mol. The molecule has 9 heteroatoms. The monoisotopic (exact) mass is 536 g/mol. The molecule has 0 saturated carbocycles. The number of amides is 1. The van der Waals surface area contributed by atoms with Crippen LogP contribution in [-0.4, -0.2) is 86.8 Å². The number of likely N-dealkylation sites (tertiary alicyclic amines) is 1. The summed E-state index contributed by atoms with van der Waals surface area (Å²) in [4.78, 5) is 30.6. The van der Waals surface area contributed by atoms with Gasteiger partial charge in [-0.25, -0.2) is 0 Å². The Balaban J connectivity index is 1.74. The van der Waals surface area contributed by atoms with Gasteiger partial charge < -0.3 is 29.0 Å². The van der Waals surface area contributed by atoms with Gasteiger partial charge in [0.1, 0.15) is 18.1 Å². The third-order valence-electron chi connectivity index (χ3n) is 7.05. The van der Waals surface area contributed by atoms with E-state index in [2.05, 4.69) is 11.5 Å². The number of Topliss-reactive ketones (excluding diaryl/α,β-unsaturated/α-hetero) is 1. The van der Waals surface area contributed by atoms with Gasteiger partial charge in [0.25, 0.3) is 11.7 Å². The van der Waals surface area contributed by atoms with Crippen molar-refractivity contribution in [2.24, 2.45) is 0 Å². The topological polar surface area (TPSA) is 97.8 Å². The SMILES string of the molecule is C=CCOc1ccc(C2/C(=C(\O)c3ccc(OC)c(C)c3)C(=O)C(=O)N2CCCN2CCOCC2)cc1OC. The first kappa shape index (κ1) is 28.2. The summed E-state index contributed by atoms with van der Waals surface area (Å²) in [6, 6.07) is 9.63. The van der Waals surface area contributed by atoms with Crippen molar-refractivity contribution in [3.05, 3.63) is 71.3 Å². The summed E-state index contributed by atoms with van der Waals surface area (Å²) in [5.41, 5.74) is 1.90. The van der Waals surface area contributed by atoms with Crippen molar-refractivity contribution >= 4 is 17.4 Å². The minimum atomic E-state index is -0.792. The van der Waals surface area contributed by atoms with E-state index in [4.69, 9.17) is 18.9 Å². The van der Waals surface area contributed by atoms with Gasteiger partial charge in [0, 0.05) is 31.7 Å². The molecule has 2 aliphatic rings. The first-order valence-electron chi connectivity index (χ1n) is 13.0. The van der Waals surface area contributed by atoms with E-state index in [-0.39, 0.29) is 11.3 Å². The quantitative estimate of drug-likeness (QED) is 0.201. The zero-order valence-corrected chi connectivity index (χ0v) is 22.8. The van der Waals surface area contributed by atoms with E-state index < -0.39 is 17.7 Å². The van der Waals surface area contributed by atoms with E-state index in [0.29, 0.717) is 61.2 Å². The number of aliphatic hydroxyl groups excluding tert-OH is 1. The van der Waals surface area contributed by atoms with Crippen molar-refractivity contribution in [3.8, 4) is 17.2 Å². The highest BCUT2D eigenvalue weighted by Crippen LogP contribution is 2.42. The van der Waals surface area contributed by atoms with Crippen LogP contribution >= 0.6 is 0 Å². The van der Waals surface area contributed by atoms with Gasteiger partial charge in [-0.05, 0) is 54.8 Å². The van der Waals surface area contributed by atoms with Crippen molar-refractivity contribution < 1.29 is 33.6 Å².